The van der Waals surface area contributed by atoms with Gasteiger partial charge in [0.2, 0.25) is 0 Å². The molecule has 0 saturated heterocycles. The van der Waals surface area contributed by atoms with Crippen molar-refractivity contribution in [1.29, 1.82) is 0 Å². The first-order valence-electron chi connectivity index (χ1n) is 25.5. The Hall–Kier alpha value is -2.33. The predicted molar refractivity (Wildman–Crippen MR) is 294 cm³/mol. The van der Waals surface area contributed by atoms with Gasteiger partial charge in [-0.2, -0.15) is 127 Å². The number of halogens is 24. The summed E-state index contributed by atoms with van der Waals surface area (Å²) in [6, 6.07) is -8.81. The Morgan fingerprint density at radius 1 is 0.232 bits per heavy atom. The fourth-order valence-electron chi connectivity index (χ4n) is 9.19. The van der Waals surface area contributed by atoms with Crippen molar-refractivity contribution in [2.24, 2.45) is 0 Å². The third-order valence-electron chi connectivity index (χ3n) is 14.1. The number of hydrogen-bond acceptors (Lipinski definition) is 0. The average molecular weight is 1380 g/mol. The van der Waals surface area contributed by atoms with E-state index in [2.05, 4.69) is 55.4 Å². The van der Waals surface area contributed by atoms with Crippen molar-refractivity contribution in [3.8, 4) is 0 Å². The maximum atomic E-state index is 14.2. The van der Waals surface area contributed by atoms with Crippen molar-refractivity contribution in [3.05, 3.63) is 117 Å². The molecule has 0 N–H and O–H groups in total. The van der Waals surface area contributed by atoms with E-state index in [1.54, 1.807) is 24.6 Å². The molecule has 0 amide bonds. The van der Waals surface area contributed by atoms with Crippen molar-refractivity contribution in [1.82, 2.24) is 0 Å². The van der Waals surface area contributed by atoms with Gasteiger partial charge in [-0.25, -0.2) is 0 Å². The normalized spacial score (nSPS) is 13.3. The second kappa shape index (κ2) is 31.0. The molecular formula is C52H69BF24MoP4+3. The van der Waals surface area contributed by atoms with Crippen molar-refractivity contribution in [2.45, 2.75) is 105 Å². The van der Waals surface area contributed by atoms with Crippen LogP contribution >= 0.6 is 31.7 Å². The number of rotatable bonds is 18. The summed E-state index contributed by atoms with van der Waals surface area (Å²) >= 11 is 0. The fourth-order valence-corrected chi connectivity index (χ4v) is 19.7. The molecule has 0 atom stereocenters. The third-order valence-corrected chi connectivity index (χ3v) is 26.9. The summed E-state index contributed by atoms with van der Waals surface area (Å²) in [4.78, 5) is 0. The number of alkyl halides is 24. The van der Waals surface area contributed by atoms with E-state index < -0.39 is 195 Å². The molecule has 30 heteroatoms. The van der Waals surface area contributed by atoms with Gasteiger partial charge in [-0.05, 0) is 79.7 Å². The zero-order valence-corrected chi connectivity index (χ0v) is 55.0. The summed E-state index contributed by atoms with van der Waals surface area (Å²) in [5.41, 5.74) is -30.2. The summed E-state index contributed by atoms with van der Waals surface area (Å²) in [6.07, 6.45) is -36.5. The molecule has 0 spiro atoms. The zero-order valence-electron chi connectivity index (χ0n) is 46.1. The van der Waals surface area contributed by atoms with Gasteiger partial charge >= 0.3 is 70.5 Å². The molecule has 0 aromatic heterocycles. The van der Waals surface area contributed by atoms with E-state index in [0.717, 1.165) is 0 Å². The van der Waals surface area contributed by atoms with Crippen LogP contribution in [0.1, 0.15) is 99.9 Å². The number of hydrogen-bond donors (Lipinski definition) is 0. The molecule has 0 fully saturated rings. The van der Waals surface area contributed by atoms with E-state index in [0.29, 0.717) is 0 Å². The van der Waals surface area contributed by atoms with E-state index in [4.69, 9.17) is 0 Å². The minimum absolute atomic E-state index is 0. The monoisotopic (exact) mass is 1380 g/mol. The molecule has 0 heterocycles. The predicted octanol–water partition coefficient (Wildman–Crippen LogP) is 16.9. The van der Waals surface area contributed by atoms with Crippen molar-refractivity contribution >= 4 is 59.7 Å². The second-order valence-corrected chi connectivity index (χ2v) is 32.7. The summed E-state index contributed by atoms with van der Waals surface area (Å²) in [6.45, 7) is 19.0. The van der Waals surface area contributed by atoms with E-state index in [1.807, 2.05) is 0 Å². The molecule has 0 radical (unpaired) electrons. The Morgan fingerprint density at radius 3 is 0.427 bits per heavy atom. The first kappa shape index (κ1) is 77.7. The van der Waals surface area contributed by atoms with Crippen LogP contribution in [0.5, 0.6) is 0 Å². The standard InChI is InChI=1S/C32H12BF24.2C10H24P2.Mo.5H/c34-25(35,36)13-1-14(26(37,38)39)6-21(5-13)33(22-7-15(27(40,41)42)2-16(8-22)28(43,44)45,23-9-17(29(46,47)48)3-18(10-23)30(49,50)51)24-11-19(31(52,53)54)4-20(12-24)32(55,56)57;2*1-5-11(6-2)9-10-12(7-3)8-4;;;;;;/h1-12H;2*5-10H2,1-4H3;;;;;;/q-1;;;;;;;;/p+4. The van der Waals surface area contributed by atoms with Crippen molar-refractivity contribution in [2.75, 3.05) is 73.9 Å². The molecule has 0 nitrogen and oxygen atoms in total. The van der Waals surface area contributed by atoms with Crippen molar-refractivity contribution < 1.29 is 126 Å². The Labute approximate surface area is 480 Å². The van der Waals surface area contributed by atoms with Gasteiger partial charge in [0.05, 0.1) is 118 Å². The van der Waals surface area contributed by atoms with E-state index in [1.165, 1.54) is 49.3 Å². The molecule has 0 unspecified atom stereocenters. The van der Waals surface area contributed by atoms with Gasteiger partial charge in [0.1, 0.15) is 6.15 Å². The Balaban J connectivity index is 0.00000111. The van der Waals surface area contributed by atoms with Gasteiger partial charge in [-0.3, -0.25) is 0 Å². The first-order valence-corrected chi connectivity index (χ1v) is 34.0. The zero-order chi connectivity index (χ0) is 62.7. The summed E-state index contributed by atoms with van der Waals surface area (Å²) in [5.74, 6) is 0. The van der Waals surface area contributed by atoms with Crippen LogP contribution in [0.15, 0.2) is 72.8 Å². The van der Waals surface area contributed by atoms with Crippen LogP contribution in [-0.4, -0.2) is 80.1 Å². The molecule has 0 bridgehead atoms. The van der Waals surface area contributed by atoms with Crippen LogP contribution in [-0.2, 0) is 70.5 Å². The quantitative estimate of drug-likeness (QED) is 0.0529. The topological polar surface area (TPSA) is 0 Å². The number of benzene rings is 4. The summed E-state index contributed by atoms with van der Waals surface area (Å²) in [7, 11) is 0.349. The molecule has 471 valence electrons. The molecule has 0 aliphatic rings. The summed E-state index contributed by atoms with van der Waals surface area (Å²) < 4.78 is 341. The molecular weight excluding hydrogens is 1310 g/mol. The Kier molecular flexibility index (Phi) is 29.4. The Morgan fingerprint density at radius 2 is 0.341 bits per heavy atom. The second-order valence-electron chi connectivity index (χ2n) is 19.1. The molecule has 0 saturated carbocycles. The van der Waals surface area contributed by atoms with Gasteiger partial charge in [0.15, 0.2) is 0 Å². The maximum absolute atomic E-state index is 14.2. The SMILES string of the molecule is CC[PH+](CC)CC[PH+](CC)CC.CC[PH+](CC)CC[PH+](CC)CC.FC(F)(F)c1cc([B-](c2cc(C(F)(F)F)cc(C(F)(F)F)c2)(c2cc(C(F)(F)F)cc(C(F)(F)F)c2)c2cc(C(F)(F)F)cc(C(F)(F)F)c2)cc(C(F)(F)F)c1.[MoH5]. The van der Waals surface area contributed by atoms with Crippen LogP contribution in [0, 0.1) is 0 Å². The van der Waals surface area contributed by atoms with Crippen LogP contribution in [0.25, 0.3) is 0 Å². The first-order chi connectivity index (χ1) is 36.8. The molecule has 82 heavy (non-hydrogen) atoms. The fraction of sp³-hybridized carbons (Fsp3) is 0.538. The molecule has 0 aliphatic heterocycles. The van der Waals surface area contributed by atoms with E-state index in [-0.39, 0.29) is 52.8 Å². The van der Waals surface area contributed by atoms with Gasteiger partial charge in [-0.15, -0.1) is 0 Å². The van der Waals surface area contributed by atoms with Crippen LogP contribution in [0.4, 0.5) is 105 Å². The van der Waals surface area contributed by atoms with Crippen LogP contribution in [0.3, 0.4) is 0 Å². The van der Waals surface area contributed by atoms with Gasteiger partial charge in [-0.1, -0.05) is 48.5 Å². The molecule has 4 aromatic rings. The van der Waals surface area contributed by atoms with E-state index >= 15 is 0 Å². The Bertz CT molecular complexity index is 2100. The summed E-state index contributed by atoms with van der Waals surface area (Å²) in [5, 5.41) is 0. The van der Waals surface area contributed by atoms with Crippen LogP contribution in [0.2, 0.25) is 0 Å². The molecule has 0 aliphatic carbocycles. The minimum atomic E-state index is -6.13. The van der Waals surface area contributed by atoms with E-state index in [9.17, 15) is 105 Å². The van der Waals surface area contributed by atoms with Crippen molar-refractivity contribution in [3.63, 3.8) is 0 Å². The third kappa shape index (κ3) is 22.1. The van der Waals surface area contributed by atoms with Gasteiger partial charge in [0, 0.05) is 31.7 Å². The van der Waals surface area contributed by atoms with Gasteiger partial charge < -0.3 is 0 Å². The molecule has 4 rings (SSSR count). The molecule has 4 aromatic carbocycles. The average Bonchev–Trinajstić information content (AvgIpc) is 3.35. The van der Waals surface area contributed by atoms with Crippen LogP contribution < -0.4 is 21.9 Å². The van der Waals surface area contributed by atoms with Gasteiger partial charge in [0.25, 0.3) is 0 Å².